The van der Waals surface area contributed by atoms with Gasteiger partial charge in [-0.3, -0.25) is 9.59 Å². The molecule has 0 spiro atoms. The molecule has 1 fully saturated rings. The lowest BCUT2D eigenvalue weighted by atomic mass is 10.1. The smallest absolute Gasteiger partial charge is 0.335 e. The molecule has 2 heterocycles. The normalized spacial score (nSPS) is 14.4. The summed E-state index contributed by atoms with van der Waals surface area (Å²) in [6.45, 7) is 4.58. The number of aromatic nitrogens is 2. The number of aryl methyl sites for hydroxylation is 1. The second-order valence-corrected chi connectivity index (χ2v) is 8.09. The number of benzene rings is 2. The zero-order chi connectivity index (χ0) is 24.6. The van der Waals surface area contributed by atoms with Crippen LogP contribution in [0.4, 0.5) is 17.6 Å². The molecular formula is C24H22F4N4O2. The summed E-state index contributed by atoms with van der Waals surface area (Å²) in [7, 11) is 0. The molecule has 1 aliphatic heterocycles. The van der Waals surface area contributed by atoms with Crippen LogP contribution in [-0.2, 0) is 6.18 Å². The Hall–Kier alpha value is -3.69. The minimum Gasteiger partial charge on any atom is -0.335 e. The van der Waals surface area contributed by atoms with Gasteiger partial charge in [0.2, 0.25) is 0 Å². The Balaban J connectivity index is 1.44. The van der Waals surface area contributed by atoms with Gasteiger partial charge in [-0.2, -0.15) is 18.3 Å². The second kappa shape index (κ2) is 8.92. The Bertz CT molecular complexity index is 1210. The lowest BCUT2D eigenvalue weighted by molar-refractivity contribution is -0.137. The SMILES string of the molecule is Cc1nn(-c2ccc(F)cc2)c(C)c1C(=O)N1CCN(C(=O)c2ccc(C(F)(F)F)cc2)CC1. The highest BCUT2D eigenvalue weighted by Crippen LogP contribution is 2.29. The van der Waals surface area contributed by atoms with Crippen LogP contribution < -0.4 is 0 Å². The number of hydrogen-bond donors (Lipinski definition) is 0. The summed E-state index contributed by atoms with van der Waals surface area (Å²) in [4.78, 5) is 29.1. The van der Waals surface area contributed by atoms with E-state index in [1.54, 1.807) is 35.6 Å². The average molecular weight is 474 g/mol. The van der Waals surface area contributed by atoms with E-state index in [0.29, 0.717) is 22.6 Å². The first kappa shape index (κ1) is 23.5. The first-order valence-corrected chi connectivity index (χ1v) is 10.6. The van der Waals surface area contributed by atoms with Crippen LogP contribution in [0.15, 0.2) is 48.5 Å². The molecule has 3 aromatic rings. The summed E-state index contributed by atoms with van der Waals surface area (Å²) in [6.07, 6.45) is -4.46. The van der Waals surface area contributed by atoms with Gasteiger partial charge in [-0.05, 0) is 62.4 Å². The number of piperazine rings is 1. The van der Waals surface area contributed by atoms with E-state index in [9.17, 15) is 27.2 Å². The van der Waals surface area contributed by atoms with Crippen molar-refractivity contribution < 1.29 is 27.2 Å². The van der Waals surface area contributed by atoms with Gasteiger partial charge in [0.25, 0.3) is 11.8 Å². The summed E-state index contributed by atoms with van der Waals surface area (Å²) in [5.74, 6) is -0.965. The van der Waals surface area contributed by atoms with Crippen LogP contribution in [-0.4, -0.2) is 57.6 Å². The van der Waals surface area contributed by atoms with Crippen molar-refractivity contribution in [2.75, 3.05) is 26.2 Å². The Labute approximate surface area is 193 Å². The Morgan fingerprint density at radius 2 is 1.35 bits per heavy atom. The lowest BCUT2D eigenvalue weighted by Crippen LogP contribution is -2.50. The van der Waals surface area contributed by atoms with Gasteiger partial charge < -0.3 is 9.80 Å². The first-order chi connectivity index (χ1) is 16.1. The average Bonchev–Trinajstić information content (AvgIpc) is 3.12. The van der Waals surface area contributed by atoms with Gasteiger partial charge in [0.15, 0.2) is 0 Å². The van der Waals surface area contributed by atoms with Crippen LogP contribution in [0, 0.1) is 19.7 Å². The Morgan fingerprint density at radius 3 is 1.88 bits per heavy atom. The van der Waals surface area contributed by atoms with Crippen molar-refractivity contribution >= 4 is 11.8 Å². The molecule has 0 bridgehead atoms. The quantitative estimate of drug-likeness (QED) is 0.534. The molecule has 10 heteroatoms. The maximum absolute atomic E-state index is 13.3. The summed E-state index contributed by atoms with van der Waals surface area (Å²) in [5, 5.41) is 4.44. The molecule has 0 N–H and O–H groups in total. The second-order valence-electron chi connectivity index (χ2n) is 8.09. The van der Waals surface area contributed by atoms with Crippen molar-refractivity contribution in [1.29, 1.82) is 0 Å². The van der Waals surface area contributed by atoms with E-state index >= 15 is 0 Å². The molecule has 34 heavy (non-hydrogen) atoms. The van der Waals surface area contributed by atoms with Gasteiger partial charge in [0.1, 0.15) is 5.82 Å². The number of nitrogens with zero attached hydrogens (tertiary/aromatic N) is 4. The van der Waals surface area contributed by atoms with Gasteiger partial charge in [-0.25, -0.2) is 9.07 Å². The molecule has 1 aliphatic rings. The fraction of sp³-hybridized carbons (Fsp3) is 0.292. The molecule has 0 aliphatic carbocycles. The molecule has 6 nitrogen and oxygen atoms in total. The van der Waals surface area contributed by atoms with Crippen LogP contribution in [0.1, 0.15) is 37.7 Å². The van der Waals surface area contributed by atoms with Crippen molar-refractivity contribution in [3.05, 3.63) is 82.4 Å². The number of amides is 2. The standard InChI is InChI=1S/C24H22F4N4O2/c1-15-21(16(2)32(29-15)20-9-7-19(25)8-10-20)23(34)31-13-11-30(12-14-31)22(33)17-3-5-18(6-4-17)24(26,27)28/h3-10H,11-14H2,1-2H3. The van der Waals surface area contributed by atoms with E-state index in [1.807, 2.05) is 0 Å². The Morgan fingerprint density at radius 1 is 0.824 bits per heavy atom. The van der Waals surface area contributed by atoms with Gasteiger partial charge in [0, 0.05) is 31.7 Å². The van der Waals surface area contributed by atoms with Gasteiger partial charge in [0.05, 0.1) is 28.2 Å². The molecular weight excluding hydrogens is 452 g/mol. The maximum Gasteiger partial charge on any atom is 0.416 e. The van der Waals surface area contributed by atoms with Gasteiger partial charge >= 0.3 is 6.18 Å². The summed E-state index contributed by atoms with van der Waals surface area (Å²) in [5.41, 5.74) is 1.60. The number of carbonyl (C=O) groups is 2. The lowest BCUT2D eigenvalue weighted by Gasteiger charge is -2.35. The third kappa shape index (κ3) is 4.52. The predicted octanol–water partition coefficient (Wildman–Crippen LogP) is 4.25. The van der Waals surface area contributed by atoms with Crippen LogP contribution in [0.25, 0.3) is 5.69 Å². The zero-order valence-electron chi connectivity index (χ0n) is 18.6. The fourth-order valence-electron chi connectivity index (χ4n) is 4.04. The summed E-state index contributed by atoms with van der Waals surface area (Å²) in [6, 6.07) is 9.90. The van der Waals surface area contributed by atoms with E-state index < -0.39 is 11.7 Å². The third-order valence-corrected chi connectivity index (χ3v) is 5.89. The number of hydrogen-bond acceptors (Lipinski definition) is 3. The van der Waals surface area contributed by atoms with Crippen LogP contribution in [0.3, 0.4) is 0 Å². The van der Waals surface area contributed by atoms with E-state index in [2.05, 4.69) is 5.10 Å². The zero-order valence-corrected chi connectivity index (χ0v) is 18.6. The van der Waals surface area contributed by atoms with Crippen molar-refractivity contribution in [3.63, 3.8) is 0 Å². The van der Waals surface area contributed by atoms with Crippen LogP contribution in [0.2, 0.25) is 0 Å². The summed E-state index contributed by atoms with van der Waals surface area (Å²) < 4.78 is 53.1. The molecule has 2 aromatic carbocycles. The van der Waals surface area contributed by atoms with E-state index in [4.69, 9.17) is 0 Å². The monoisotopic (exact) mass is 474 g/mol. The number of alkyl halides is 3. The van der Waals surface area contributed by atoms with Crippen molar-refractivity contribution in [1.82, 2.24) is 19.6 Å². The topological polar surface area (TPSA) is 58.4 Å². The van der Waals surface area contributed by atoms with E-state index in [-0.39, 0.29) is 49.4 Å². The van der Waals surface area contributed by atoms with E-state index in [1.165, 1.54) is 29.2 Å². The predicted molar refractivity (Wildman–Crippen MR) is 116 cm³/mol. The van der Waals surface area contributed by atoms with Crippen LogP contribution >= 0.6 is 0 Å². The largest absolute Gasteiger partial charge is 0.416 e. The van der Waals surface area contributed by atoms with Crippen molar-refractivity contribution in [2.45, 2.75) is 20.0 Å². The number of carbonyl (C=O) groups excluding carboxylic acids is 2. The highest BCUT2D eigenvalue weighted by molar-refractivity contribution is 5.97. The maximum atomic E-state index is 13.3. The molecule has 0 unspecified atom stereocenters. The molecule has 1 saturated heterocycles. The van der Waals surface area contributed by atoms with E-state index in [0.717, 1.165) is 12.1 Å². The molecule has 4 rings (SSSR count). The van der Waals surface area contributed by atoms with Crippen LogP contribution in [0.5, 0.6) is 0 Å². The van der Waals surface area contributed by atoms with Crippen molar-refractivity contribution in [2.24, 2.45) is 0 Å². The number of rotatable bonds is 3. The van der Waals surface area contributed by atoms with Gasteiger partial charge in [-0.15, -0.1) is 0 Å². The first-order valence-electron chi connectivity index (χ1n) is 10.6. The third-order valence-electron chi connectivity index (χ3n) is 5.89. The Kier molecular flexibility index (Phi) is 6.16. The molecule has 0 radical (unpaired) electrons. The fourth-order valence-corrected chi connectivity index (χ4v) is 4.04. The summed E-state index contributed by atoms with van der Waals surface area (Å²) >= 11 is 0. The highest BCUT2D eigenvalue weighted by atomic mass is 19.4. The minimum atomic E-state index is -4.46. The molecule has 2 amide bonds. The van der Waals surface area contributed by atoms with Crippen molar-refractivity contribution in [3.8, 4) is 5.69 Å². The molecule has 178 valence electrons. The van der Waals surface area contributed by atoms with Gasteiger partial charge in [-0.1, -0.05) is 0 Å². The highest BCUT2D eigenvalue weighted by Gasteiger charge is 2.32. The molecule has 0 atom stereocenters. The molecule has 1 aromatic heterocycles. The molecule has 0 saturated carbocycles. The minimum absolute atomic E-state index is 0.167. The number of halogens is 4.